The van der Waals surface area contributed by atoms with Crippen molar-refractivity contribution >= 4 is 11.9 Å². The summed E-state index contributed by atoms with van der Waals surface area (Å²) < 4.78 is 1.86. The summed E-state index contributed by atoms with van der Waals surface area (Å²) in [5, 5.41) is 2.62. The number of aryl methyl sites for hydroxylation is 1. The molecule has 1 amide bonds. The van der Waals surface area contributed by atoms with Gasteiger partial charge >= 0.3 is 0 Å². The van der Waals surface area contributed by atoms with Gasteiger partial charge in [-0.05, 0) is 6.92 Å². The topological polar surface area (TPSA) is 46.9 Å². The highest BCUT2D eigenvalue weighted by molar-refractivity contribution is 5.86. The molecule has 0 aliphatic rings. The molecule has 0 saturated carbocycles. The molecule has 0 fully saturated rings. The number of nitrogens with one attached hydrogen (secondary N) is 1. The smallest absolute Gasteiger partial charge is 0.223 e. The third kappa shape index (κ3) is 1.80. The van der Waals surface area contributed by atoms with Gasteiger partial charge < -0.3 is 4.57 Å². The predicted molar refractivity (Wildman–Crippen MR) is 42.2 cm³/mol. The first kappa shape index (κ1) is 7.78. The Bertz CT molecular complexity index is 254. The minimum atomic E-state index is -0.0918. The van der Waals surface area contributed by atoms with E-state index in [0.29, 0.717) is 5.95 Å². The monoisotopic (exact) mass is 153 g/mol. The lowest BCUT2D eigenvalue weighted by atomic mass is 10.6. The van der Waals surface area contributed by atoms with E-state index in [9.17, 15) is 4.79 Å². The summed E-state index contributed by atoms with van der Waals surface area (Å²) >= 11 is 0. The molecule has 4 nitrogen and oxygen atoms in total. The van der Waals surface area contributed by atoms with Crippen molar-refractivity contribution in [1.82, 2.24) is 9.55 Å². The molecule has 0 spiro atoms. The molecule has 0 saturated heterocycles. The average molecular weight is 153 g/mol. The number of aromatic nitrogens is 2. The lowest BCUT2D eigenvalue weighted by Gasteiger charge is -2.02. The molecule has 1 heterocycles. The van der Waals surface area contributed by atoms with Gasteiger partial charge in [-0.25, -0.2) is 4.98 Å². The van der Waals surface area contributed by atoms with Crippen LogP contribution in [0.3, 0.4) is 0 Å². The van der Waals surface area contributed by atoms with Crippen LogP contribution in [-0.2, 0) is 11.3 Å². The van der Waals surface area contributed by atoms with Gasteiger partial charge in [-0.3, -0.25) is 10.1 Å². The predicted octanol–water partition coefficient (Wildman–Crippen LogP) is 0.861. The van der Waals surface area contributed by atoms with Crippen molar-refractivity contribution in [2.75, 3.05) is 5.32 Å². The Balaban J connectivity index is 2.76. The van der Waals surface area contributed by atoms with Gasteiger partial charge in [0.2, 0.25) is 11.9 Å². The normalized spacial score (nSPS) is 9.64. The fourth-order valence-electron chi connectivity index (χ4n) is 0.846. The van der Waals surface area contributed by atoms with Crippen molar-refractivity contribution in [3.63, 3.8) is 0 Å². The van der Waals surface area contributed by atoms with Crippen LogP contribution >= 0.6 is 0 Å². The number of hydrogen-bond donors (Lipinski definition) is 1. The molecular formula is C7H11N3O. The van der Waals surface area contributed by atoms with Gasteiger partial charge in [0.1, 0.15) is 0 Å². The molecule has 0 atom stereocenters. The fraction of sp³-hybridized carbons (Fsp3) is 0.429. The van der Waals surface area contributed by atoms with Crippen LogP contribution < -0.4 is 5.32 Å². The summed E-state index contributed by atoms with van der Waals surface area (Å²) in [6, 6.07) is 0. The average Bonchev–Trinajstić information content (AvgIpc) is 2.34. The van der Waals surface area contributed by atoms with E-state index >= 15 is 0 Å². The van der Waals surface area contributed by atoms with Gasteiger partial charge in [0.05, 0.1) is 0 Å². The van der Waals surface area contributed by atoms with Crippen LogP contribution in [0.4, 0.5) is 5.95 Å². The number of anilines is 1. The van der Waals surface area contributed by atoms with Crippen molar-refractivity contribution in [2.24, 2.45) is 0 Å². The second kappa shape index (κ2) is 3.18. The zero-order valence-electron chi connectivity index (χ0n) is 6.66. The molecule has 1 aromatic rings. The second-order valence-corrected chi connectivity index (χ2v) is 2.22. The maximum atomic E-state index is 10.6. The zero-order valence-corrected chi connectivity index (χ0v) is 6.66. The Kier molecular flexibility index (Phi) is 2.25. The molecule has 1 aromatic heterocycles. The number of imidazole rings is 1. The van der Waals surface area contributed by atoms with Crippen molar-refractivity contribution < 1.29 is 4.79 Å². The van der Waals surface area contributed by atoms with E-state index in [-0.39, 0.29) is 5.91 Å². The van der Waals surface area contributed by atoms with Gasteiger partial charge in [0, 0.05) is 25.9 Å². The third-order valence-corrected chi connectivity index (χ3v) is 1.34. The highest BCUT2D eigenvalue weighted by atomic mass is 16.1. The molecular weight excluding hydrogens is 142 g/mol. The Hall–Kier alpha value is -1.32. The molecule has 60 valence electrons. The first-order valence-corrected chi connectivity index (χ1v) is 3.52. The van der Waals surface area contributed by atoms with Crippen molar-refractivity contribution in [3.05, 3.63) is 12.4 Å². The minimum absolute atomic E-state index is 0.0918. The van der Waals surface area contributed by atoms with Crippen molar-refractivity contribution in [1.29, 1.82) is 0 Å². The van der Waals surface area contributed by atoms with Crippen LogP contribution in [0, 0.1) is 0 Å². The number of hydrogen-bond acceptors (Lipinski definition) is 2. The fourth-order valence-corrected chi connectivity index (χ4v) is 0.846. The van der Waals surface area contributed by atoms with Gasteiger partial charge in [0.25, 0.3) is 0 Å². The van der Waals surface area contributed by atoms with Gasteiger partial charge in [-0.15, -0.1) is 0 Å². The largest absolute Gasteiger partial charge is 0.317 e. The number of amides is 1. The third-order valence-electron chi connectivity index (χ3n) is 1.34. The van der Waals surface area contributed by atoms with Crippen LogP contribution in [0.2, 0.25) is 0 Å². The Morgan fingerprint density at radius 3 is 3.09 bits per heavy atom. The lowest BCUT2D eigenvalue weighted by molar-refractivity contribution is -0.114. The first-order valence-electron chi connectivity index (χ1n) is 3.52. The minimum Gasteiger partial charge on any atom is -0.317 e. The highest BCUT2D eigenvalue weighted by Crippen LogP contribution is 2.02. The number of nitrogens with zero attached hydrogens (tertiary/aromatic N) is 2. The van der Waals surface area contributed by atoms with Crippen LogP contribution in [-0.4, -0.2) is 15.5 Å². The van der Waals surface area contributed by atoms with Crippen LogP contribution in [0.25, 0.3) is 0 Å². The maximum Gasteiger partial charge on any atom is 0.223 e. The molecule has 11 heavy (non-hydrogen) atoms. The standard InChI is InChI=1S/C7H11N3O/c1-3-10-5-4-8-7(10)9-6(2)11/h4-5H,3H2,1-2H3,(H,8,9,11). The number of carbonyl (C=O) groups is 1. The Labute approximate surface area is 65.2 Å². The van der Waals surface area contributed by atoms with E-state index in [4.69, 9.17) is 0 Å². The van der Waals surface area contributed by atoms with Crippen LogP contribution in [0.5, 0.6) is 0 Å². The molecule has 0 bridgehead atoms. The van der Waals surface area contributed by atoms with Gasteiger partial charge in [-0.2, -0.15) is 0 Å². The second-order valence-electron chi connectivity index (χ2n) is 2.22. The molecule has 0 aromatic carbocycles. The van der Waals surface area contributed by atoms with E-state index in [1.54, 1.807) is 6.20 Å². The van der Waals surface area contributed by atoms with E-state index in [1.165, 1.54) is 6.92 Å². The van der Waals surface area contributed by atoms with Crippen LogP contribution in [0.1, 0.15) is 13.8 Å². The summed E-state index contributed by atoms with van der Waals surface area (Å²) in [6.45, 7) is 4.28. The van der Waals surface area contributed by atoms with E-state index in [1.807, 2.05) is 17.7 Å². The Morgan fingerprint density at radius 2 is 2.55 bits per heavy atom. The summed E-state index contributed by atoms with van der Waals surface area (Å²) in [5.74, 6) is 0.519. The molecule has 1 rings (SSSR count). The molecule has 0 aliphatic heterocycles. The maximum absolute atomic E-state index is 10.6. The molecule has 4 heteroatoms. The zero-order chi connectivity index (χ0) is 8.27. The van der Waals surface area contributed by atoms with Crippen molar-refractivity contribution in [3.8, 4) is 0 Å². The van der Waals surface area contributed by atoms with Crippen molar-refractivity contribution in [2.45, 2.75) is 20.4 Å². The SMILES string of the molecule is CCn1ccnc1NC(C)=O. The first-order chi connectivity index (χ1) is 5.24. The molecule has 0 unspecified atom stereocenters. The Morgan fingerprint density at radius 1 is 1.82 bits per heavy atom. The summed E-state index contributed by atoms with van der Waals surface area (Å²) in [6.07, 6.45) is 3.49. The summed E-state index contributed by atoms with van der Waals surface area (Å²) in [4.78, 5) is 14.6. The van der Waals surface area contributed by atoms with Crippen LogP contribution in [0.15, 0.2) is 12.4 Å². The van der Waals surface area contributed by atoms with Gasteiger partial charge in [-0.1, -0.05) is 0 Å². The summed E-state index contributed by atoms with van der Waals surface area (Å²) in [7, 11) is 0. The van der Waals surface area contributed by atoms with E-state index in [0.717, 1.165) is 6.54 Å². The number of rotatable bonds is 2. The van der Waals surface area contributed by atoms with Gasteiger partial charge in [0.15, 0.2) is 0 Å². The van der Waals surface area contributed by atoms with E-state index in [2.05, 4.69) is 10.3 Å². The summed E-state index contributed by atoms with van der Waals surface area (Å²) in [5.41, 5.74) is 0. The molecule has 0 aliphatic carbocycles. The highest BCUT2D eigenvalue weighted by Gasteiger charge is 2.00. The molecule has 1 N–H and O–H groups in total. The number of carbonyl (C=O) groups excluding carboxylic acids is 1. The lowest BCUT2D eigenvalue weighted by Crippen LogP contribution is -2.11. The quantitative estimate of drug-likeness (QED) is 0.685. The molecule has 0 radical (unpaired) electrons. The van der Waals surface area contributed by atoms with E-state index < -0.39 is 0 Å².